The van der Waals surface area contributed by atoms with Gasteiger partial charge in [-0.2, -0.15) is 0 Å². The fourth-order valence-corrected chi connectivity index (χ4v) is 1.23. The molecule has 5 nitrogen and oxygen atoms in total. The number of nitrogens with two attached hydrogens (primary N) is 2. The molecule has 0 aliphatic rings. The second-order valence-corrected chi connectivity index (χ2v) is 3.83. The average Bonchev–Trinajstić information content (AvgIpc) is 1.92. The number of primary sulfonamides is 1. The molecule has 0 bridgehead atoms. The van der Waals surface area contributed by atoms with Crippen LogP contribution in [0.3, 0.4) is 0 Å². The zero-order valence-electron chi connectivity index (χ0n) is 6.06. The zero-order chi connectivity index (χ0) is 9.35. The van der Waals surface area contributed by atoms with Crippen LogP contribution >= 0.6 is 0 Å². The highest BCUT2D eigenvalue weighted by Gasteiger charge is 2.08. The van der Waals surface area contributed by atoms with Crippen molar-refractivity contribution >= 4 is 15.7 Å². The van der Waals surface area contributed by atoms with Crippen molar-refractivity contribution in [2.24, 2.45) is 5.14 Å². The van der Waals surface area contributed by atoms with E-state index in [0.29, 0.717) is 0 Å². The largest absolute Gasteiger partial charge is 0.506 e. The molecule has 0 spiro atoms. The van der Waals surface area contributed by atoms with Gasteiger partial charge in [-0.25, -0.2) is 13.6 Å². The van der Waals surface area contributed by atoms with Crippen LogP contribution in [0.5, 0.6) is 5.75 Å². The summed E-state index contributed by atoms with van der Waals surface area (Å²) in [6.07, 6.45) is 0. The van der Waals surface area contributed by atoms with Gasteiger partial charge >= 0.3 is 0 Å². The van der Waals surface area contributed by atoms with Gasteiger partial charge in [-0.05, 0) is 12.1 Å². The van der Waals surface area contributed by atoms with Crippen molar-refractivity contribution in [1.82, 2.24) is 0 Å². The Morgan fingerprint density at radius 1 is 1.33 bits per heavy atom. The van der Waals surface area contributed by atoms with Crippen molar-refractivity contribution in [2.45, 2.75) is 4.90 Å². The minimum Gasteiger partial charge on any atom is -0.506 e. The van der Waals surface area contributed by atoms with Gasteiger partial charge in [0.15, 0.2) is 0 Å². The summed E-state index contributed by atoms with van der Waals surface area (Å²) >= 11 is 0. The molecule has 0 aliphatic carbocycles. The Kier molecular flexibility index (Phi) is 1.95. The highest BCUT2D eigenvalue weighted by Crippen LogP contribution is 2.22. The minimum absolute atomic E-state index is 0.113. The van der Waals surface area contributed by atoms with Gasteiger partial charge in [-0.1, -0.05) is 0 Å². The molecule has 0 radical (unpaired) electrons. The summed E-state index contributed by atoms with van der Waals surface area (Å²) in [5, 5.41) is 13.8. The third-order valence-electron chi connectivity index (χ3n) is 1.33. The predicted molar refractivity (Wildman–Crippen MR) is 43.9 cm³/mol. The fraction of sp³-hybridized carbons (Fsp3) is 0. The van der Waals surface area contributed by atoms with E-state index >= 15 is 0 Å². The number of hydrogen-bond acceptors (Lipinski definition) is 4. The molecule has 5 N–H and O–H groups in total. The predicted octanol–water partition coefficient (Wildman–Crippen LogP) is -0.378. The first kappa shape index (κ1) is 8.82. The van der Waals surface area contributed by atoms with Crippen LogP contribution in [-0.4, -0.2) is 13.5 Å². The molecule has 12 heavy (non-hydrogen) atoms. The second-order valence-electron chi connectivity index (χ2n) is 2.27. The summed E-state index contributed by atoms with van der Waals surface area (Å²) in [5.41, 5.74) is 5.36. The Bertz CT molecular complexity index is 399. The van der Waals surface area contributed by atoms with Gasteiger partial charge in [-0.3, -0.25) is 0 Å². The van der Waals surface area contributed by atoms with Crippen LogP contribution in [0.4, 0.5) is 5.69 Å². The molecule has 0 heterocycles. The third-order valence-corrected chi connectivity index (χ3v) is 2.24. The number of rotatable bonds is 1. The SMILES string of the molecule is Nc1ccc(S(N)(=O)=O)cc1O. The maximum Gasteiger partial charge on any atom is 0.238 e. The molecule has 6 heteroatoms. The first-order chi connectivity index (χ1) is 5.41. The van der Waals surface area contributed by atoms with Crippen molar-refractivity contribution < 1.29 is 13.5 Å². The Morgan fingerprint density at radius 2 is 1.92 bits per heavy atom. The molecular weight excluding hydrogens is 180 g/mol. The number of sulfonamides is 1. The van der Waals surface area contributed by atoms with Gasteiger partial charge in [0.05, 0.1) is 10.6 Å². The standard InChI is InChI=1S/C6H8N2O3S/c7-5-2-1-4(3-6(5)9)12(8,10)11/h1-3,9H,7H2,(H2,8,10,11). The molecule has 0 fully saturated rings. The molecule has 0 amide bonds. The number of benzene rings is 1. The molecule has 0 aliphatic heterocycles. The van der Waals surface area contributed by atoms with E-state index < -0.39 is 10.0 Å². The molecule has 1 aromatic carbocycles. The number of aromatic hydroxyl groups is 1. The van der Waals surface area contributed by atoms with Crippen LogP contribution < -0.4 is 10.9 Å². The number of nitrogen functional groups attached to an aromatic ring is 1. The van der Waals surface area contributed by atoms with Gasteiger partial charge < -0.3 is 10.8 Å². The summed E-state index contributed by atoms with van der Waals surface area (Å²) in [7, 11) is -3.76. The van der Waals surface area contributed by atoms with Crippen LogP contribution in [0, 0.1) is 0 Å². The minimum atomic E-state index is -3.76. The van der Waals surface area contributed by atoms with Gasteiger partial charge in [0.1, 0.15) is 5.75 Å². The zero-order valence-corrected chi connectivity index (χ0v) is 6.88. The van der Waals surface area contributed by atoms with Gasteiger partial charge in [0.25, 0.3) is 0 Å². The Morgan fingerprint density at radius 3 is 2.33 bits per heavy atom. The van der Waals surface area contributed by atoms with Crippen molar-refractivity contribution in [3.63, 3.8) is 0 Å². The van der Waals surface area contributed by atoms with Crippen LogP contribution in [-0.2, 0) is 10.0 Å². The van der Waals surface area contributed by atoms with Crippen molar-refractivity contribution in [3.8, 4) is 5.75 Å². The number of phenols is 1. The molecule has 1 aromatic rings. The van der Waals surface area contributed by atoms with Gasteiger partial charge in [0, 0.05) is 6.07 Å². The topological polar surface area (TPSA) is 106 Å². The molecule has 66 valence electrons. The Hall–Kier alpha value is -1.27. The maximum absolute atomic E-state index is 10.7. The van der Waals surface area contributed by atoms with E-state index in [1.165, 1.54) is 12.1 Å². The van der Waals surface area contributed by atoms with E-state index in [-0.39, 0.29) is 16.3 Å². The van der Waals surface area contributed by atoms with E-state index in [1.54, 1.807) is 0 Å². The second kappa shape index (κ2) is 2.65. The summed E-state index contributed by atoms with van der Waals surface area (Å²) in [4.78, 5) is -0.158. The van der Waals surface area contributed by atoms with Gasteiger partial charge in [0.2, 0.25) is 10.0 Å². The summed E-state index contributed by atoms with van der Waals surface area (Å²) < 4.78 is 21.4. The van der Waals surface area contributed by atoms with Gasteiger partial charge in [-0.15, -0.1) is 0 Å². The molecular formula is C6H8N2O3S. The maximum atomic E-state index is 10.7. The smallest absolute Gasteiger partial charge is 0.238 e. The third kappa shape index (κ3) is 1.66. The molecule has 0 atom stereocenters. The molecule has 1 rings (SSSR count). The normalized spacial score (nSPS) is 11.4. The van der Waals surface area contributed by atoms with Crippen LogP contribution in [0.15, 0.2) is 23.1 Å². The highest BCUT2D eigenvalue weighted by molar-refractivity contribution is 7.89. The molecule has 0 saturated heterocycles. The van der Waals surface area contributed by atoms with Crippen LogP contribution in [0.25, 0.3) is 0 Å². The lowest BCUT2D eigenvalue weighted by Gasteiger charge is -2.00. The monoisotopic (exact) mass is 188 g/mol. The lowest BCUT2D eigenvalue weighted by Crippen LogP contribution is -2.11. The van der Waals surface area contributed by atoms with Crippen molar-refractivity contribution in [3.05, 3.63) is 18.2 Å². The number of phenolic OH excluding ortho intramolecular Hbond substituents is 1. The summed E-state index contributed by atoms with van der Waals surface area (Å²) in [5.74, 6) is -0.290. The average molecular weight is 188 g/mol. The van der Waals surface area contributed by atoms with E-state index in [2.05, 4.69) is 0 Å². The quantitative estimate of drug-likeness (QED) is 0.412. The van der Waals surface area contributed by atoms with E-state index in [1.807, 2.05) is 0 Å². The first-order valence-corrected chi connectivity index (χ1v) is 4.57. The molecule has 0 unspecified atom stereocenters. The Labute approximate surface area is 69.7 Å². The van der Waals surface area contributed by atoms with Crippen LogP contribution in [0.2, 0.25) is 0 Å². The highest BCUT2D eigenvalue weighted by atomic mass is 32.2. The Balaban J connectivity index is 3.33. The van der Waals surface area contributed by atoms with E-state index in [0.717, 1.165) is 6.07 Å². The lowest BCUT2D eigenvalue weighted by atomic mass is 10.3. The molecule has 0 aromatic heterocycles. The summed E-state index contributed by atoms with van der Waals surface area (Å²) in [6.45, 7) is 0. The summed E-state index contributed by atoms with van der Waals surface area (Å²) in [6, 6.07) is 3.50. The number of hydrogen-bond donors (Lipinski definition) is 3. The van der Waals surface area contributed by atoms with Crippen molar-refractivity contribution in [1.29, 1.82) is 0 Å². The lowest BCUT2D eigenvalue weighted by molar-refractivity contribution is 0.476. The fourth-order valence-electron chi connectivity index (χ4n) is 0.700. The first-order valence-electron chi connectivity index (χ1n) is 3.02. The number of anilines is 1. The van der Waals surface area contributed by atoms with E-state index in [9.17, 15) is 8.42 Å². The van der Waals surface area contributed by atoms with Crippen molar-refractivity contribution in [2.75, 3.05) is 5.73 Å². The van der Waals surface area contributed by atoms with Crippen LogP contribution in [0.1, 0.15) is 0 Å². The van der Waals surface area contributed by atoms with E-state index in [4.69, 9.17) is 16.0 Å². The molecule has 0 saturated carbocycles.